The first-order valence-corrected chi connectivity index (χ1v) is 13.3. The Kier molecular flexibility index (Phi) is 8.82. The summed E-state index contributed by atoms with van der Waals surface area (Å²) >= 11 is 3.59. The Hall–Kier alpha value is -2.10. The Morgan fingerprint density at radius 3 is 2.17 bits per heavy atom. The van der Waals surface area contributed by atoms with E-state index in [1.54, 1.807) is 7.11 Å². The van der Waals surface area contributed by atoms with E-state index in [0.717, 1.165) is 22.0 Å². The maximum absolute atomic E-state index is 6.61. The lowest BCUT2D eigenvalue weighted by Crippen LogP contribution is -2.63. The summed E-state index contributed by atoms with van der Waals surface area (Å²) in [5.41, 5.74) is 4.31. The molecule has 36 heavy (non-hydrogen) atoms. The van der Waals surface area contributed by atoms with E-state index in [-0.39, 0.29) is 6.10 Å². The van der Waals surface area contributed by atoms with E-state index in [1.165, 1.54) is 5.56 Å². The van der Waals surface area contributed by atoms with Gasteiger partial charge in [-0.05, 0) is 16.7 Å². The fraction of sp³-hybridized carbons (Fsp3) is 0.379. The quantitative estimate of drug-likeness (QED) is 0.324. The average molecular weight is 555 g/mol. The fourth-order valence-corrected chi connectivity index (χ4v) is 5.21. The van der Waals surface area contributed by atoms with Crippen LogP contribution >= 0.6 is 15.9 Å². The number of hydrogen-bond donors (Lipinski definition) is 0. The first kappa shape index (κ1) is 25.5. The van der Waals surface area contributed by atoms with Gasteiger partial charge < -0.3 is 28.4 Å². The van der Waals surface area contributed by atoms with Crippen molar-refractivity contribution in [3.8, 4) is 0 Å². The Morgan fingerprint density at radius 2 is 1.44 bits per heavy atom. The van der Waals surface area contributed by atoms with E-state index in [2.05, 4.69) is 28.1 Å². The molecule has 2 aliphatic rings. The summed E-state index contributed by atoms with van der Waals surface area (Å²) in [5.74, 6) is 0. The molecule has 0 amide bonds. The van der Waals surface area contributed by atoms with Crippen LogP contribution in [0.2, 0.25) is 0 Å². The fourth-order valence-electron chi connectivity index (χ4n) is 4.66. The molecule has 2 aliphatic heterocycles. The summed E-state index contributed by atoms with van der Waals surface area (Å²) in [6.07, 6.45) is -2.80. The van der Waals surface area contributed by atoms with Gasteiger partial charge >= 0.3 is 0 Å². The predicted molar refractivity (Wildman–Crippen MR) is 138 cm³/mol. The molecule has 0 bridgehead atoms. The lowest BCUT2D eigenvalue weighted by atomic mass is 9.97. The van der Waals surface area contributed by atoms with Crippen LogP contribution in [0.1, 0.15) is 28.5 Å². The van der Waals surface area contributed by atoms with Crippen molar-refractivity contribution in [2.24, 2.45) is 0 Å². The van der Waals surface area contributed by atoms with E-state index in [9.17, 15) is 0 Å². The van der Waals surface area contributed by atoms with Crippen molar-refractivity contribution in [3.63, 3.8) is 0 Å². The second-order valence-electron chi connectivity index (χ2n) is 8.89. The highest BCUT2D eigenvalue weighted by molar-refractivity contribution is 9.08. The molecular weight excluding hydrogens is 524 g/mol. The van der Waals surface area contributed by atoms with Gasteiger partial charge in [0.2, 0.25) is 0 Å². The highest BCUT2D eigenvalue weighted by Crippen LogP contribution is 2.37. The molecule has 3 aromatic rings. The van der Waals surface area contributed by atoms with Crippen LogP contribution in [0.3, 0.4) is 0 Å². The molecule has 0 spiro atoms. The minimum absolute atomic E-state index is 0.345. The summed E-state index contributed by atoms with van der Waals surface area (Å²) in [6, 6.07) is 28.2. The number of benzene rings is 3. The summed E-state index contributed by atoms with van der Waals surface area (Å²) in [5, 5.41) is 0.751. The number of halogens is 1. The van der Waals surface area contributed by atoms with Gasteiger partial charge in [-0.3, -0.25) is 0 Å². The van der Waals surface area contributed by atoms with Crippen molar-refractivity contribution in [1.29, 1.82) is 0 Å². The van der Waals surface area contributed by atoms with Crippen molar-refractivity contribution >= 4 is 15.9 Å². The second kappa shape index (κ2) is 12.4. The van der Waals surface area contributed by atoms with E-state index < -0.39 is 30.9 Å². The van der Waals surface area contributed by atoms with Crippen LogP contribution in [0, 0.1) is 0 Å². The number of ether oxygens (including phenoxy) is 6. The molecule has 2 fully saturated rings. The smallest absolute Gasteiger partial charge is 0.186 e. The van der Waals surface area contributed by atoms with Crippen molar-refractivity contribution in [2.75, 3.05) is 13.7 Å². The van der Waals surface area contributed by atoms with Gasteiger partial charge in [-0.2, -0.15) is 0 Å². The Bertz CT molecular complexity index is 1080. The molecule has 0 saturated carbocycles. The van der Waals surface area contributed by atoms with Crippen molar-refractivity contribution in [1.82, 2.24) is 0 Å². The first-order valence-electron chi connectivity index (χ1n) is 12.2. The molecular formula is C29H31BrO6. The minimum atomic E-state index is -0.619. The Balaban J connectivity index is 1.40. The van der Waals surface area contributed by atoms with Crippen LogP contribution in [-0.4, -0.2) is 44.4 Å². The molecule has 6 nitrogen and oxygen atoms in total. The molecule has 0 aliphatic carbocycles. The van der Waals surface area contributed by atoms with Gasteiger partial charge in [-0.15, -0.1) is 0 Å². The number of methoxy groups -OCH3 is 1. The third kappa shape index (κ3) is 5.89. The zero-order chi connectivity index (χ0) is 24.7. The van der Waals surface area contributed by atoms with Crippen LogP contribution in [0.4, 0.5) is 0 Å². The van der Waals surface area contributed by atoms with Gasteiger partial charge in [-0.1, -0.05) is 101 Å². The van der Waals surface area contributed by atoms with Gasteiger partial charge in [0.1, 0.15) is 24.4 Å². The summed E-state index contributed by atoms with van der Waals surface area (Å²) < 4.78 is 37.6. The van der Waals surface area contributed by atoms with Gasteiger partial charge in [0.15, 0.2) is 12.6 Å². The van der Waals surface area contributed by atoms with Crippen LogP contribution in [0.15, 0.2) is 84.9 Å². The number of fused-ring (bicyclic) bond motifs is 1. The number of hydrogen-bond acceptors (Lipinski definition) is 6. The molecule has 190 valence electrons. The maximum atomic E-state index is 6.61. The largest absolute Gasteiger partial charge is 0.368 e. The average Bonchev–Trinajstić information content (AvgIpc) is 2.95. The van der Waals surface area contributed by atoms with E-state index >= 15 is 0 Å². The van der Waals surface area contributed by atoms with Crippen LogP contribution in [0.5, 0.6) is 0 Å². The maximum Gasteiger partial charge on any atom is 0.186 e. The molecule has 0 radical (unpaired) electrons. The molecule has 0 unspecified atom stereocenters. The Labute approximate surface area is 220 Å². The molecule has 7 heteroatoms. The van der Waals surface area contributed by atoms with Gasteiger partial charge in [0, 0.05) is 18.0 Å². The standard InChI is InChI=1S/C29H31BrO6/c1-31-29-27(32-17-20-10-4-2-5-11-20)26(33-18-23-15-9-8-14-22(23)16-30)25-24(35-29)19-34-28(36-25)21-12-6-3-7-13-21/h2-15,24-29H,16-19H2,1H3/t24-,25-,26+,27-,28-,29+/m1/s1. The topological polar surface area (TPSA) is 55.4 Å². The van der Waals surface area contributed by atoms with Gasteiger partial charge in [-0.25, -0.2) is 0 Å². The highest BCUT2D eigenvalue weighted by Gasteiger charge is 2.51. The molecule has 5 rings (SSSR count). The minimum Gasteiger partial charge on any atom is -0.368 e. The Morgan fingerprint density at radius 1 is 0.778 bits per heavy atom. The van der Waals surface area contributed by atoms with Crippen molar-refractivity contribution in [3.05, 3.63) is 107 Å². The third-order valence-corrected chi connectivity index (χ3v) is 7.17. The van der Waals surface area contributed by atoms with E-state index in [1.807, 2.05) is 72.8 Å². The lowest BCUT2D eigenvalue weighted by molar-refractivity contribution is -0.369. The van der Waals surface area contributed by atoms with Crippen LogP contribution < -0.4 is 0 Å². The summed E-state index contributed by atoms with van der Waals surface area (Å²) in [7, 11) is 1.62. The molecule has 2 saturated heterocycles. The molecule has 0 aromatic heterocycles. The number of alkyl halides is 1. The monoisotopic (exact) mass is 554 g/mol. The third-order valence-electron chi connectivity index (χ3n) is 6.57. The predicted octanol–water partition coefficient (Wildman–Crippen LogP) is 5.54. The molecule has 2 heterocycles. The number of rotatable bonds is 9. The van der Waals surface area contributed by atoms with Crippen molar-refractivity contribution in [2.45, 2.75) is 55.5 Å². The van der Waals surface area contributed by atoms with Crippen LogP contribution in [0.25, 0.3) is 0 Å². The van der Waals surface area contributed by atoms with Gasteiger partial charge in [0.25, 0.3) is 0 Å². The van der Waals surface area contributed by atoms with Crippen molar-refractivity contribution < 1.29 is 28.4 Å². The van der Waals surface area contributed by atoms with E-state index in [4.69, 9.17) is 28.4 Å². The zero-order valence-electron chi connectivity index (χ0n) is 20.2. The normalized spacial score (nSPS) is 27.9. The highest BCUT2D eigenvalue weighted by atomic mass is 79.9. The zero-order valence-corrected chi connectivity index (χ0v) is 21.8. The summed E-state index contributed by atoms with van der Waals surface area (Å²) in [4.78, 5) is 0. The second-order valence-corrected chi connectivity index (χ2v) is 9.46. The lowest BCUT2D eigenvalue weighted by Gasteiger charge is -2.48. The van der Waals surface area contributed by atoms with Crippen LogP contribution in [-0.2, 0) is 47.0 Å². The summed E-state index contributed by atoms with van der Waals surface area (Å²) in [6.45, 7) is 1.19. The van der Waals surface area contributed by atoms with E-state index in [0.29, 0.717) is 19.8 Å². The molecule has 0 N–H and O–H groups in total. The SMILES string of the molecule is CO[C@H]1O[C@@H]2CO[C@@H](c3ccccc3)O[C@H]2[C@H](OCc2ccccc2CBr)[C@H]1OCc1ccccc1. The van der Waals surface area contributed by atoms with Gasteiger partial charge in [0.05, 0.1) is 19.8 Å². The first-order chi connectivity index (χ1) is 17.8. The molecule has 3 aromatic carbocycles. The molecule has 6 atom stereocenters.